The molecule has 2 amide bonds. The van der Waals surface area contributed by atoms with E-state index in [0.717, 1.165) is 11.8 Å². The number of carbonyl (C=O) groups is 2. The van der Waals surface area contributed by atoms with Crippen molar-refractivity contribution in [3.05, 3.63) is 23.3 Å². The second kappa shape index (κ2) is 13.2. The quantitative estimate of drug-likeness (QED) is 0.177. The maximum absolute atomic E-state index is 15.0. The molecule has 2 rings (SSSR count). The van der Waals surface area contributed by atoms with Crippen LogP contribution in [0.25, 0.3) is 11.0 Å². The molecule has 0 saturated heterocycles. The molecule has 13 heteroatoms. The third-order valence-corrected chi connectivity index (χ3v) is 7.22. The Balaban J connectivity index is 2.47. The Morgan fingerprint density at radius 2 is 2.09 bits per heavy atom. The van der Waals surface area contributed by atoms with E-state index in [1.165, 1.54) is 26.2 Å². The van der Waals surface area contributed by atoms with Crippen LogP contribution in [0.4, 0.5) is 19.5 Å². The Hall–Kier alpha value is -1.63. The first kappa shape index (κ1) is 26.6. The minimum Gasteiger partial charge on any atom is -0.448 e. The number of hydrogen-bond acceptors (Lipinski definition) is 8. The van der Waals surface area contributed by atoms with Gasteiger partial charge >= 0.3 is 6.09 Å². The maximum Gasteiger partial charge on any atom is 0.423 e. The van der Waals surface area contributed by atoms with Crippen LogP contribution in [0.1, 0.15) is 25.3 Å². The number of nitrogens with two attached hydrogens (primary N) is 1. The minimum atomic E-state index is -0.981. The van der Waals surface area contributed by atoms with Gasteiger partial charge in [0.05, 0.1) is 9.99 Å². The molecular weight excluding hydrogens is 575 g/mol. The number of imide groups is 1. The van der Waals surface area contributed by atoms with Crippen molar-refractivity contribution in [2.24, 2.45) is 5.73 Å². The summed E-state index contributed by atoms with van der Waals surface area (Å²) in [7, 11) is 3.01. The van der Waals surface area contributed by atoms with Gasteiger partial charge in [-0.1, -0.05) is 57.5 Å². The zero-order valence-electron chi connectivity index (χ0n) is 17.3. The van der Waals surface area contributed by atoms with Gasteiger partial charge in [-0.3, -0.25) is 4.79 Å². The predicted octanol–water partition coefficient (Wildman–Crippen LogP) is 4.23. The summed E-state index contributed by atoms with van der Waals surface area (Å²) < 4.78 is 36.0. The van der Waals surface area contributed by atoms with Crippen molar-refractivity contribution < 1.29 is 23.1 Å². The lowest BCUT2D eigenvalue weighted by Gasteiger charge is -2.20. The number of fused-ring (bicyclic) bond motifs is 1. The number of carbonyl (C=O) groups excluding carboxylic acids is 2. The smallest absolute Gasteiger partial charge is 0.423 e. The molecule has 8 nitrogen and oxygen atoms in total. The molecule has 1 aromatic carbocycles. The lowest BCUT2D eigenvalue weighted by molar-refractivity contribution is -0.115. The van der Waals surface area contributed by atoms with Crippen LogP contribution in [0.15, 0.2) is 6.07 Å². The Labute approximate surface area is 205 Å². The number of anilines is 1. The van der Waals surface area contributed by atoms with E-state index in [-0.39, 0.29) is 34.6 Å². The maximum atomic E-state index is 15.0. The molecule has 0 bridgehead atoms. The molecule has 2 N–H and O–H groups in total. The zero-order valence-corrected chi connectivity index (χ0v) is 21.1. The number of nitriles is 1. The number of rotatable bonds is 11. The monoisotopic (exact) mass is 597 g/mol. The Bertz CT molecular complexity index is 1020. The second-order valence-electron chi connectivity index (χ2n) is 6.36. The number of ether oxygens (including phenoxy) is 1. The topological polar surface area (TPSA) is 114 Å². The molecule has 174 valence electrons. The summed E-state index contributed by atoms with van der Waals surface area (Å²) >= 11 is 1.79. The van der Waals surface area contributed by atoms with Crippen molar-refractivity contribution in [1.29, 1.82) is 5.26 Å². The van der Waals surface area contributed by atoms with E-state index in [9.17, 15) is 18.4 Å². The van der Waals surface area contributed by atoms with Crippen LogP contribution in [0.2, 0.25) is 0 Å². The highest BCUT2D eigenvalue weighted by atomic mass is 127. The van der Waals surface area contributed by atoms with Crippen LogP contribution in [0.5, 0.6) is 0 Å². The van der Waals surface area contributed by atoms with Crippen molar-refractivity contribution in [1.82, 2.24) is 9.55 Å². The molecule has 0 unspecified atom stereocenters. The van der Waals surface area contributed by atoms with Gasteiger partial charge in [0.1, 0.15) is 23.7 Å². The average Bonchev–Trinajstić information content (AvgIpc) is 3.16. The molecule has 0 fully saturated rings. The predicted molar refractivity (Wildman–Crippen MR) is 131 cm³/mol. The Kier molecular flexibility index (Phi) is 11.0. The van der Waals surface area contributed by atoms with E-state index >= 15 is 0 Å². The molecular formula is C19H22F2IN5O3S2. The first-order valence-corrected chi connectivity index (χ1v) is 13.7. The molecule has 0 atom stereocenters. The van der Waals surface area contributed by atoms with Gasteiger partial charge in [0.25, 0.3) is 0 Å². The summed E-state index contributed by atoms with van der Waals surface area (Å²) in [5, 5.41) is 9.14. The fourth-order valence-electron chi connectivity index (χ4n) is 2.74. The summed E-state index contributed by atoms with van der Waals surface area (Å²) in [6.07, 6.45) is 0.279. The van der Waals surface area contributed by atoms with Crippen LogP contribution < -0.4 is 10.6 Å². The average molecular weight is 597 g/mol. The molecule has 0 aliphatic heterocycles. The van der Waals surface area contributed by atoms with Gasteiger partial charge in [0.2, 0.25) is 11.9 Å². The Morgan fingerprint density at radius 1 is 1.38 bits per heavy atom. The van der Waals surface area contributed by atoms with Crippen molar-refractivity contribution in [3.63, 3.8) is 0 Å². The molecule has 2 aromatic rings. The number of amides is 2. The van der Waals surface area contributed by atoms with Gasteiger partial charge in [-0.05, 0) is 12.5 Å². The number of benzene rings is 1. The Morgan fingerprint density at radius 3 is 2.72 bits per heavy atom. The van der Waals surface area contributed by atoms with E-state index in [1.54, 1.807) is 28.7 Å². The molecule has 0 spiro atoms. The molecule has 1 heterocycles. The minimum absolute atomic E-state index is 0.0303. The van der Waals surface area contributed by atoms with Gasteiger partial charge in [-0.25, -0.2) is 18.6 Å². The van der Waals surface area contributed by atoms with Gasteiger partial charge in [0, 0.05) is 24.6 Å². The van der Waals surface area contributed by atoms with E-state index in [2.05, 4.69) is 4.98 Å². The summed E-state index contributed by atoms with van der Waals surface area (Å²) in [6.45, 7) is 2.63. The van der Waals surface area contributed by atoms with Crippen LogP contribution in [-0.2, 0) is 16.1 Å². The second-order valence-corrected chi connectivity index (χ2v) is 9.82. The number of nitrogens with zero attached hydrogens (tertiary/aromatic N) is 4. The molecule has 0 aliphatic rings. The molecule has 0 aliphatic carbocycles. The molecule has 32 heavy (non-hydrogen) atoms. The summed E-state index contributed by atoms with van der Waals surface area (Å²) in [6, 6.07) is 2.36. The number of alkyl halides is 1. The number of aromatic nitrogens is 2. The van der Waals surface area contributed by atoms with Crippen molar-refractivity contribution in [2.45, 2.75) is 26.3 Å². The molecule has 0 saturated carbocycles. The summed E-state index contributed by atoms with van der Waals surface area (Å²) in [5.74, 6) is -1.53. The fourth-order valence-corrected chi connectivity index (χ4v) is 4.77. The lowest BCUT2D eigenvalue weighted by atomic mass is 10.2. The third kappa shape index (κ3) is 6.24. The van der Waals surface area contributed by atoms with Gasteiger partial charge in [-0.15, -0.1) is 0 Å². The molecule has 1 aromatic heterocycles. The van der Waals surface area contributed by atoms with Crippen LogP contribution in [-0.4, -0.2) is 50.6 Å². The van der Waals surface area contributed by atoms with Gasteiger partial charge < -0.3 is 15.0 Å². The summed E-state index contributed by atoms with van der Waals surface area (Å²) in [5.41, 5.74) is 4.31. The largest absolute Gasteiger partial charge is 0.448 e. The zero-order chi connectivity index (χ0) is 23.7. The standard InChI is InChI=1S/C19H22F2IN5O3S2/c1-2-3-5-26-17-15(21)12(11-24)9-13(20)16(17)25-18(26)27(14(28)10-22)19(29)30-6-8-32-31-7-4-23/h9H,2-8,10,23H2,1H3. The van der Waals surface area contributed by atoms with Crippen molar-refractivity contribution in [2.75, 3.05) is 34.0 Å². The normalized spacial score (nSPS) is 10.9. The fraction of sp³-hybridized carbons (Fsp3) is 0.474. The SMILES string of the molecule is CCCCn1c(N(C(=O)CI)C(=O)OCCSSCCN)nc2c(F)cc(C#N)c(F)c21. The lowest BCUT2D eigenvalue weighted by Crippen LogP contribution is -2.40. The van der Waals surface area contributed by atoms with Crippen LogP contribution in [0, 0.1) is 23.0 Å². The number of halogens is 3. The van der Waals surface area contributed by atoms with Gasteiger partial charge in [0.15, 0.2) is 11.6 Å². The van der Waals surface area contributed by atoms with E-state index in [1.807, 2.05) is 6.92 Å². The third-order valence-electron chi connectivity index (χ3n) is 4.17. The van der Waals surface area contributed by atoms with E-state index in [4.69, 9.17) is 15.7 Å². The number of unbranched alkanes of at least 4 members (excludes halogenated alkanes) is 1. The van der Waals surface area contributed by atoms with E-state index < -0.39 is 29.2 Å². The van der Waals surface area contributed by atoms with Crippen molar-refractivity contribution in [3.8, 4) is 6.07 Å². The number of imidazole rings is 1. The highest BCUT2D eigenvalue weighted by Crippen LogP contribution is 2.30. The van der Waals surface area contributed by atoms with Crippen LogP contribution in [0.3, 0.4) is 0 Å². The molecule has 0 radical (unpaired) electrons. The van der Waals surface area contributed by atoms with Gasteiger partial charge in [-0.2, -0.15) is 10.2 Å². The first-order valence-electron chi connectivity index (χ1n) is 9.69. The van der Waals surface area contributed by atoms with Crippen LogP contribution >= 0.6 is 44.2 Å². The summed E-state index contributed by atoms with van der Waals surface area (Å²) in [4.78, 5) is 30.2. The van der Waals surface area contributed by atoms with Crippen molar-refractivity contribution >= 4 is 73.2 Å². The first-order chi connectivity index (χ1) is 15.4. The number of hydrogen-bond donors (Lipinski definition) is 1. The highest BCUT2D eigenvalue weighted by Gasteiger charge is 2.32. The highest BCUT2D eigenvalue weighted by molar-refractivity contribution is 14.1. The van der Waals surface area contributed by atoms with E-state index in [0.29, 0.717) is 30.0 Å². The number of aryl methyl sites for hydroxylation is 1.